The summed E-state index contributed by atoms with van der Waals surface area (Å²) in [7, 11) is 0. The van der Waals surface area contributed by atoms with Gasteiger partial charge in [0.2, 0.25) is 0 Å². The molecule has 32 heavy (non-hydrogen) atoms. The van der Waals surface area contributed by atoms with Crippen LogP contribution in [0.1, 0.15) is 16.7 Å². The molecule has 1 aliphatic carbocycles. The van der Waals surface area contributed by atoms with Gasteiger partial charge in [0.25, 0.3) is 0 Å². The molecule has 0 heteroatoms. The molecule has 0 heterocycles. The predicted octanol–water partition coefficient (Wildman–Crippen LogP) is 8.69. The highest BCUT2D eigenvalue weighted by atomic mass is 14.3. The number of hydrogen-bond donors (Lipinski definition) is 0. The number of hydrogen-bond acceptors (Lipinski definition) is 0. The zero-order valence-corrected chi connectivity index (χ0v) is 18.0. The van der Waals surface area contributed by atoms with Gasteiger partial charge in [-0.25, -0.2) is 0 Å². The molecule has 0 saturated carbocycles. The van der Waals surface area contributed by atoms with Crippen LogP contribution in [0.2, 0.25) is 0 Å². The van der Waals surface area contributed by atoms with Gasteiger partial charge in [0, 0.05) is 0 Å². The minimum absolute atomic E-state index is 1.01. The predicted molar refractivity (Wildman–Crippen MR) is 137 cm³/mol. The van der Waals surface area contributed by atoms with Crippen LogP contribution in [0.15, 0.2) is 103 Å². The summed E-state index contributed by atoms with van der Waals surface area (Å²) in [5.41, 5.74) is 9.68. The van der Waals surface area contributed by atoms with Gasteiger partial charge in [-0.15, -0.1) is 0 Å². The summed E-state index contributed by atoms with van der Waals surface area (Å²) in [6.45, 7) is 2.18. The molecular weight excluding hydrogens is 384 g/mol. The average molecular weight is 407 g/mol. The van der Waals surface area contributed by atoms with E-state index in [1.165, 1.54) is 71.3 Å². The zero-order chi connectivity index (χ0) is 21.2. The summed E-state index contributed by atoms with van der Waals surface area (Å²) in [5.74, 6) is 0. The van der Waals surface area contributed by atoms with Crippen molar-refractivity contribution in [3.63, 3.8) is 0 Å². The van der Waals surface area contributed by atoms with Gasteiger partial charge in [0.05, 0.1) is 0 Å². The highest BCUT2D eigenvalue weighted by Crippen LogP contribution is 2.43. The number of fused-ring (bicyclic) bond motifs is 9. The van der Waals surface area contributed by atoms with Crippen LogP contribution >= 0.6 is 0 Å². The normalized spacial score (nSPS) is 12.4. The van der Waals surface area contributed by atoms with Crippen LogP contribution in [-0.4, -0.2) is 0 Å². The molecule has 0 unspecified atom stereocenters. The molecule has 150 valence electrons. The molecule has 0 N–H and O–H groups in total. The molecule has 1 aliphatic rings. The minimum atomic E-state index is 1.01. The third-order valence-corrected chi connectivity index (χ3v) is 7.15. The Balaban J connectivity index is 1.52. The summed E-state index contributed by atoms with van der Waals surface area (Å²) in [6, 6.07) is 38.3. The number of rotatable bonds is 1. The Morgan fingerprint density at radius 3 is 1.81 bits per heavy atom. The third kappa shape index (κ3) is 2.44. The fourth-order valence-electron chi connectivity index (χ4n) is 5.66. The minimum Gasteiger partial charge on any atom is -0.0616 e. The molecule has 0 nitrogen and oxygen atoms in total. The molecule has 0 saturated heterocycles. The fraction of sp³-hybridized carbons (Fsp3) is 0.0625. The first-order valence-corrected chi connectivity index (χ1v) is 11.3. The third-order valence-electron chi connectivity index (χ3n) is 7.15. The number of benzene rings is 6. The summed E-state index contributed by atoms with van der Waals surface area (Å²) in [5, 5.41) is 7.97. The summed E-state index contributed by atoms with van der Waals surface area (Å²) in [4.78, 5) is 0. The Kier molecular flexibility index (Phi) is 3.63. The molecule has 6 aromatic rings. The van der Waals surface area contributed by atoms with Crippen molar-refractivity contribution in [1.29, 1.82) is 0 Å². The molecule has 7 rings (SSSR count). The second-order valence-electron chi connectivity index (χ2n) is 9.02. The Morgan fingerprint density at radius 2 is 1.09 bits per heavy atom. The van der Waals surface area contributed by atoms with Crippen LogP contribution < -0.4 is 0 Å². The second-order valence-corrected chi connectivity index (χ2v) is 9.02. The van der Waals surface area contributed by atoms with Crippen molar-refractivity contribution in [2.24, 2.45) is 0 Å². The Hall–Kier alpha value is -3.90. The SMILES string of the molecule is Cc1ccc2c(c1)-c1cccc(-c3ccc4c5ccccc5c5ccccc5c4c3)c1C2. The largest absolute Gasteiger partial charge is 0.0616 e. The molecule has 0 atom stereocenters. The van der Waals surface area contributed by atoms with E-state index in [1.54, 1.807) is 0 Å². The van der Waals surface area contributed by atoms with Crippen LogP contribution in [0.4, 0.5) is 0 Å². The van der Waals surface area contributed by atoms with Crippen molar-refractivity contribution in [2.75, 3.05) is 0 Å². The number of aryl methyl sites for hydroxylation is 1. The Labute approximate surface area is 187 Å². The van der Waals surface area contributed by atoms with E-state index in [0.717, 1.165) is 6.42 Å². The van der Waals surface area contributed by atoms with Crippen molar-refractivity contribution < 1.29 is 0 Å². The van der Waals surface area contributed by atoms with Crippen molar-refractivity contribution in [1.82, 2.24) is 0 Å². The lowest BCUT2D eigenvalue weighted by molar-refractivity contribution is 1.26. The first-order chi connectivity index (χ1) is 15.8. The zero-order valence-electron chi connectivity index (χ0n) is 18.0. The fourth-order valence-corrected chi connectivity index (χ4v) is 5.66. The van der Waals surface area contributed by atoms with Crippen LogP contribution in [0, 0.1) is 6.92 Å². The van der Waals surface area contributed by atoms with Gasteiger partial charge in [-0.2, -0.15) is 0 Å². The molecule has 0 radical (unpaired) electrons. The van der Waals surface area contributed by atoms with Crippen LogP contribution in [0.5, 0.6) is 0 Å². The molecule has 0 aromatic heterocycles. The van der Waals surface area contributed by atoms with Gasteiger partial charge in [0.15, 0.2) is 0 Å². The van der Waals surface area contributed by atoms with Crippen molar-refractivity contribution in [2.45, 2.75) is 13.3 Å². The Morgan fingerprint density at radius 1 is 0.469 bits per heavy atom. The smallest absolute Gasteiger partial charge is 0.000728 e. The maximum absolute atomic E-state index is 2.41. The van der Waals surface area contributed by atoms with E-state index in [-0.39, 0.29) is 0 Å². The molecule has 0 spiro atoms. The van der Waals surface area contributed by atoms with E-state index >= 15 is 0 Å². The van der Waals surface area contributed by atoms with Gasteiger partial charge in [-0.05, 0) is 85.1 Å². The van der Waals surface area contributed by atoms with Crippen molar-refractivity contribution >= 4 is 32.3 Å². The van der Waals surface area contributed by atoms with E-state index in [0.29, 0.717) is 0 Å². The maximum atomic E-state index is 2.41. The molecule has 6 aromatic carbocycles. The van der Waals surface area contributed by atoms with E-state index in [4.69, 9.17) is 0 Å². The summed E-state index contributed by atoms with van der Waals surface area (Å²) >= 11 is 0. The topological polar surface area (TPSA) is 0 Å². The molecule has 0 bridgehead atoms. The van der Waals surface area contributed by atoms with E-state index in [9.17, 15) is 0 Å². The van der Waals surface area contributed by atoms with Gasteiger partial charge in [0.1, 0.15) is 0 Å². The lowest BCUT2D eigenvalue weighted by Gasteiger charge is -2.14. The lowest BCUT2D eigenvalue weighted by Crippen LogP contribution is -1.89. The first kappa shape index (κ1) is 17.7. The summed E-state index contributed by atoms with van der Waals surface area (Å²) in [6.07, 6.45) is 1.01. The first-order valence-electron chi connectivity index (χ1n) is 11.3. The van der Waals surface area contributed by atoms with E-state index < -0.39 is 0 Å². The quantitative estimate of drug-likeness (QED) is 0.239. The second kappa shape index (κ2) is 6.55. The van der Waals surface area contributed by atoms with Gasteiger partial charge >= 0.3 is 0 Å². The molecular formula is C32H22. The molecule has 0 fully saturated rings. The monoisotopic (exact) mass is 406 g/mol. The average Bonchev–Trinajstić information content (AvgIpc) is 3.22. The van der Waals surface area contributed by atoms with Gasteiger partial charge < -0.3 is 0 Å². The highest BCUT2D eigenvalue weighted by molar-refractivity contribution is 6.25. The molecule has 0 aliphatic heterocycles. The van der Waals surface area contributed by atoms with Crippen molar-refractivity contribution in [3.8, 4) is 22.3 Å². The molecule has 0 amide bonds. The van der Waals surface area contributed by atoms with E-state index in [2.05, 4.69) is 110 Å². The van der Waals surface area contributed by atoms with Crippen molar-refractivity contribution in [3.05, 3.63) is 120 Å². The Bertz CT molecular complexity index is 1670. The summed E-state index contributed by atoms with van der Waals surface area (Å²) < 4.78 is 0. The highest BCUT2D eigenvalue weighted by Gasteiger charge is 2.22. The van der Waals surface area contributed by atoms with Gasteiger partial charge in [-0.3, -0.25) is 0 Å². The van der Waals surface area contributed by atoms with E-state index in [1.807, 2.05) is 0 Å². The maximum Gasteiger partial charge on any atom is -0.000728 e. The van der Waals surface area contributed by atoms with Crippen LogP contribution in [0.3, 0.4) is 0 Å². The van der Waals surface area contributed by atoms with Crippen LogP contribution in [0.25, 0.3) is 54.6 Å². The lowest BCUT2D eigenvalue weighted by atomic mass is 9.90. The van der Waals surface area contributed by atoms with Crippen LogP contribution in [-0.2, 0) is 6.42 Å². The van der Waals surface area contributed by atoms with Gasteiger partial charge in [-0.1, -0.05) is 103 Å². The standard InChI is InChI=1S/C32H22/c1-20-13-14-22-19-31-23(11-6-12-28(31)30(22)17-20)21-15-16-29-26-9-3-2-7-24(26)25-8-4-5-10-27(25)32(29)18-21/h2-18H,19H2,1H3.